The maximum Gasteiger partial charge on any atom is 0.337 e. The van der Waals surface area contributed by atoms with Crippen molar-refractivity contribution in [3.63, 3.8) is 0 Å². The maximum absolute atomic E-state index is 13.5. The Kier molecular flexibility index (Phi) is 4.65. The van der Waals surface area contributed by atoms with Crippen LogP contribution in [0.4, 0.5) is 4.39 Å². The number of carbonyl (C=O) groups is 2. The van der Waals surface area contributed by atoms with Crippen molar-refractivity contribution < 1.29 is 18.7 Å². The van der Waals surface area contributed by atoms with Crippen molar-refractivity contribution in [2.24, 2.45) is 0 Å². The molecule has 128 valence electrons. The number of halogens is 1. The predicted octanol–water partition coefficient (Wildman–Crippen LogP) is 3.15. The molecule has 0 saturated carbocycles. The van der Waals surface area contributed by atoms with Gasteiger partial charge in [-0.25, -0.2) is 9.18 Å². The van der Waals surface area contributed by atoms with Crippen LogP contribution in [-0.4, -0.2) is 11.8 Å². The van der Waals surface area contributed by atoms with E-state index < -0.39 is 17.3 Å². The number of esters is 1. The summed E-state index contributed by atoms with van der Waals surface area (Å²) in [5.41, 5.74) is 0.606. The molecule has 0 aliphatic carbocycles. The topological polar surface area (TPSA) is 55.4 Å². The van der Waals surface area contributed by atoms with Crippen molar-refractivity contribution in [2.75, 3.05) is 0 Å². The van der Waals surface area contributed by atoms with Crippen molar-refractivity contribution in [1.29, 1.82) is 0 Å². The van der Waals surface area contributed by atoms with E-state index in [4.69, 9.17) is 4.74 Å². The van der Waals surface area contributed by atoms with Gasteiger partial charge in [0.05, 0.1) is 0 Å². The molecule has 1 aliphatic rings. The largest absolute Gasteiger partial charge is 0.459 e. The average Bonchev–Trinajstić information content (AvgIpc) is 2.60. The summed E-state index contributed by atoms with van der Waals surface area (Å²) in [6.07, 6.45) is 2.74. The van der Waals surface area contributed by atoms with E-state index in [-0.39, 0.29) is 18.8 Å². The molecular formula is C20H18FNO3. The Morgan fingerprint density at radius 2 is 2.00 bits per heavy atom. The van der Waals surface area contributed by atoms with Crippen LogP contribution in [0.3, 0.4) is 0 Å². The molecule has 2 aromatic rings. The zero-order valence-corrected chi connectivity index (χ0v) is 13.8. The molecule has 0 amide bonds. The number of nitrogens with one attached hydrogen (secondary N) is 1. The van der Waals surface area contributed by atoms with Gasteiger partial charge in [0.15, 0.2) is 11.3 Å². The third kappa shape index (κ3) is 3.45. The molecule has 0 bridgehead atoms. The Hall–Kier alpha value is -2.95. The fourth-order valence-corrected chi connectivity index (χ4v) is 3.01. The summed E-state index contributed by atoms with van der Waals surface area (Å²) in [4.78, 5) is 24.9. The Bertz CT molecular complexity index is 832. The summed E-state index contributed by atoms with van der Waals surface area (Å²) in [6.45, 7) is 1.80. The first-order chi connectivity index (χ1) is 12.0. The van der Waals surface area contributed by atoms with Gasteiger partial charge in [-0.15, -0.1) is 0 Å². The standard InChI is InChI=1S/C20H18FNO3/c1-14-11-16(21)7-8-18(14)20(12-17(23)9-10-22-20)19(24)25-13-15-5-3-2-4-6-15/h2-11,22H,12-13H2,1H3. The first-order valence-corrected chi connectivity index (χ1v) is 7.96. The second-order valence-corrected chi connectivity index (χ2v) is 6.05. The molecule has 0 saturated heterocycles. The first kappa shape index (κ1) is 16.9. The maximum atomic E-state index is 13.5. The van der Waals surface area contributed by atoms with Gasteiger partial charge in [0.25, 0.3) is 0 Å². The Balaban J connectivity index is 1.93. The minimum Gasteiger partial charge on any atom is -0.459 e. The number of carbonyl (C=O) groups excluding carboxylic acids is 2. The average molecular weight is 339 g/mol. The van der Waals surface area contributed by atoms with E-state index in [1.165, 1.54) is 30.5 Å². The van der Waals surface area contributed by atoms with Gasteiger partial charge in [0.1, 0.15) is 12.4 Å². The van der Waals surface area contributed by atoms with Crippen molar-refractivity contribution in [1.82, 2.24) is 5.32 Å². The van der Waals surface area contributed by atoms with Gasteiger partial charge in [-0.05, 0) is 41.8 Å². The quantitative estimate of drug-likeness (QED) is 0.870. The highest BCUT2D eigenvalue weighted by Crippen LogP contribution is 2.32. The van der Waals surface area contributed by atoms with Crippen LogP contribution in [0, 0.1) is 12.7 Å². The van der Waals surface area contributed by atoms with Gasteiger partial charge in [0.2, 0.25) is 0 Å². The van der Waals surface area contributed by atoms with Crippen molar-refractivity contribution in [3.8, 4) is 0 Å². The van der Waals surface area contributed by atoms with Gasteiger partial charge in [-0.1, -0.05) is 36.4 Å². The van der Waals surface area contributed by atoms with E-state index in [0.717, 1.165) is 5.56 Å². The van der Waals surface area contributed by atoms with Gasteiger partial charge in [-0.2, -0.15) is 0 Å². The summed E-state index contributed by atoms with van der Waals surface area (Å²) in [6, 6.07) is 13.4. The SMILES string of the molecule is Cc1cc(F)ccc1C1(C(=O)OCc2ccccc2)CC(=O)C=CN1. The lowest BCUT2D eigenvalue weighted by atomic mass is 9.81. The minimum absolute atomic E-state index is 0.0798. The van der Waals surface area contributed by atoms with Crippen molar-refractivity contribution in [3.05, 3.63) is 83.3 Å². The lowest BCUT2D eigenvalue weighted by molar-refractivity contribution is -0.155. The molecule has 1 N–H and O–H groups in total. The summed E-state index contributed by atoms with van der Waals surface area (Å²) in [5, 5.41) is 2.98. The highest BCUT2D eigenvalue weighted by Gasteiger charge is 2.45. The highest BCUT2D eigenvalue weighted by molar-refractivity contribution is 5.98. The van der Waals surface area contributed by atoms with Crippen molar-refractivity contribution in [2.45, 2.75) is 25.5 Å². The summed E-state index contributed by atoms with van der Waals surface area (Å²) < 4.78 is 18.9. The zero-order chi connectivity index (χ0) is 17.9. The third-order valence-corrected chi connectivity index (χ3v) is 4.25. The highest BCUT2D eigenvalue weighted by atomic mass is 19.1. The molecule has 3 rings (SSSR count). The van der Waals surface area contributed by atoms with E-state index >= 15 is 0 Å². The monoisotopic (exact) mass is 339 g/mol. The van der Waals surface area contributed by atoms with Gasteiger partial charge < -0.3 is 10.1 Å². The Labute approximate surface area is 145 Å². The molecule has 0 radical (unpaired) electrons. The second-order valence-electron chi connectivity index (χ2n) is 6.05. The minimum atomic E-state index is -1.35. The number of hydrogen-bond acceptors (Lipinski definition) is 4. The second kappa shape index (κ2) is 6.89. The lowest BCUT2D eigenvalue weighted by Crippen LogP contribution is -2.51. The molecule has 25 heavy (non-hydrogen) atoms. The number of benzene rings is 2. The van der Waals surface area contributed by atoms with Crippen LogP contribution in [0.25, 0.3) is 0 Å². The van der Waals surface area contributed by atoms with E-state index in [0.29, 0.717) is 11.1 Å². The molecule has 2 aromatic carbocycles. The van der Waals surface area contributed by atoms with Gasteiger partial charge in [0, 0.05) is 12.6 Å². The van der Waals surface area contributed by atoms with E-state index in [9.17, 15) is 14.0 Å². The van der Waals surface area contributed by atoms with Crippen LogP contribution < -0.4 is 5.32 Å². The van der Waals surface area contributed by atoms with E-state index in [1.807, 2.05) is 30.3 Å². The molecule has 0 spiro atoms. The number of aryl methyl sites for hydroxylation is 1. The molecular weight excluding hydrogens is 321 g/mol. The fourth-order valence-electron chi connectivity index (χ4n) is 3.01. The molecule has 1 aliphatic heterocycles. The van der Waals surface area contributed by atoms with Crippen LogP contribution in [0.1, 0.15) is 23.1 Å². The van der Waals surface area contributed by atoms with Crippen LogP contribution in [0.5, 0.6) is 0 Å². The van der Waals surface area contributed by atoms with E-state index in [2.05, 4.69) is 5.32 Å². The number of ketones is 1. The predicted molar refractivity (Wildman–Crippen MR) is 91.0 cm³/mol. The van der Waals surface area contributed by atoms with Crippen LogP contribution in [-0.2, 0) is 26.5 Å². The Morgan fingerprint density at radius 3 is 2.68 bits per heavy atom. The molecule has 0 fully saturated rings. The van der Waals surface area contributed by atoms with Gasteiger partial charge in [-0.3, -0.25) is 4.79 Å². The molecule has 5 heteroatoms. The van der Waals surface area contributed by atoms with Gasteiger partial charge >= 0.3 is 5.97 Å². The summed E-state index contributed by atoms with van der Waals surface area (Å²) in [5.74, 6) is -1.16. The molecule has 1 atom stereocenters. The van der Waals surface area contributed by atoms with E-state index in [1.54, 1.807) is 6.92 Å². The Morgan fingerprint density at radius 1 is 1.24 bits per heavy atom. The number of rotatable bonds is 4. The summed E-state index contributed by atoms with van der Waals surface area (Å²) in [7, 11) is 0. The van der Waals surface area contributed by atoms with Crippen molar-refractivity contribution >= 4 is 11.8 Å². The lowest BCUT2D eigenvalue weighted by Gasteiger charge is -2.34. The molecule has 4 nitrogen and oxygen atoms in total. The van der Waals surface area contributed by atoms with Crippen LogP contribution in [0.15, 0.2) is 60.8 Å². The molecule has 1 unspecified atom stereocenters. The number of allylic oxidation sites excluding steroid dienone is 1. The normalized spacial score (nSPS) is 19.4. The molecule has 0 aromatic heterocycles. The summed E-state index contributed by atoms with van der Waals surface area (Å²) >= 11 is 0. The van der Waals surface area contributed by atoms with Crippen LogP contribution >= 0.6 is 0 Å². The number of hydrogen-bond donors (Lipinski definition) is 1. The first-order valence-electron chi connectivity index (χ1n) is 7.96. The molecule has 1 heterocycles. The third-order valence-electron chi connectivity index (χ3n) is 4.25. The number of ether oxygens (including phenoxy) is 1. The smallest absolute Gasteiger partial charge is 0.337 e. The fraction of sp³-hybridized carbons (Fsp3) is 0.200. The zero-order valence-electron chi connectivity index (χ0n) is 13.8. The van der Waals surface area contributed by atoms with Crippen LogP contribution in [0.2, 0.25) is 0 Å².